The van der Waals surface area contributed by atoms with Crippen LogP contribution in [-0.4, -0.2) is 43.5 Å². The van der Waals surface area contributed by atoms with E-state index in [1.54, 1.807) is 19.2 Å². The highest BCUT2D eigenvalue weighted by atomic mass is 16.5. The highest BCUT2D eigenvalue weighted by Gasteiger charge is 2.16. The summed E-state index contributed by atoms with van der Waals surface area (Å²) in [5.74, 6) is 0.580. The Balaban J connectivity index is 1.90. The van der Waals surface area contributed by atoms with Crippen LogP contribution in [0.2, 0.25) is 0 Å². The molecule has 2 aromatic rings. The van der Waals surface area contributed by atoms with E-state index < -0.39 is 0 Å². The Hall–Kier alpha value is -3.02. The molecule has 0 spiro atoms. The highest BCUT2D eigenvalue weighted by molar-refractivity contribution is 5.95. The molecule has 0 fully saturated rings. The molecule has 1 N–H and O–H groups in total. The first-order valence-corrected chi connectivity index (χ1v) is 9.78. The summed E-state index contributed by atoms with van der Waals surface area (Å²) in [4.78, 5) is 26.1. The van der Waals surface area contributed by atoms with Gasteiger partial charge in [-0.25, -0.2) is 0 Å². The second-order valence-corrected chi connectivity index (χ2v) is 7.16. The minimum atomic E-state index is -0.289. The summed E-state index contributed by atoms with van der Waals surface area (Å²) in [5.41, 5.74) is 3.93. The normalized spacial score (nSPS) is 10.4. The van der Waals surface area contributed by atoms with E-state index in [1.165, 1.54) is 4.90 Å². The number of likely N-dealkylation sites (N-methyl/N-ethyl adjacent to an activating group) is 1. The van der Waals surface area contributed by atoms with Crippen molar-refractivity contribution >= 4 is 17.5 Å². The average Bonchev–Trinajstić information content (AvgIpc) is 2.67. The van der Waals surface area contributed by atoms with E-state index in [-0.39, 0.29) is 25.0 Å². The van der Waals surface area contributed by atoms with Crippen LogP contribution in [0, 0.1) is 20.8 Å². The number of anilines is 1. The fraction of sp³-hybridized carbons (Fsp3) is 0.391. The van der Waals surface area contributed by atoms with Gasteiger partial charge < -0.3 is 19.7 Å². The Bertz CT molecular complexity index is 841. The van der Waals surface area contributed by atoms with Gasteiger partial charge in [-0.3, -0.25) is 9.59 Å². The Morgan fingerprint density at radius 3 is 2.17 bits per heavy atom. The minimum Gasteiger partial charge on any atom is -0.490 e. The largest absolute Gasteiger partial charge is 0.490 e. The molecule has 0 bridgehead atoms. The number of rotatable bonds is 9. The summed E-state index contributed by atoms with van der Waals surface area (Å²) < 4.78 is 11.2. The average molecular weight is 399 g/mol. The van der Waals surface area contributed by atoms with Gasteiger partial charge in [-0.05, 0) is 50.5 Å². The number of carbonyl (C=O) groups is 2. The van der Waals surface area contributed by atoms with Gasteiger partial charge in [-0.2, -0.15) is 0 Å². The quantitative estimate of drug-likeness (QED) is 0.696. The third kappa shape index (κ3) is 6.52. The van der Waals surface area contributed by atoms with Crippen molar-refractivity contribution in [3.8, 4) is 11.5 Å². The van der Waals surface area contributed by atoms with Crippen LogP contribution < -0.4 is 14.8 Å². The highest BCUT2D eigenvalue weighted by Crippen LogP contribution is 2.26. The van der Waals surface area contributed by atoms with Crippen LogP contribution in [0.1, 0.15) is 30.0 Å². The van der Waals surface area contributed by atoms with Gasteiger partial charge in [0.05, 0.1) is 13.2 Å². The number of nitrogens with one attached hydrogen (secondary N) is 1. The van der Waals surface area contributed by atoms with E-state index in [9.17, 15) is 9.59 Å². The molecule has 0 heterocycles. The monoisotopic (exact) mass is 398 g/mol. The zero-order valence-electron chi connectivity index (χ0n) is 17.9. The van der Waals surface area contributed by atoms with E-state index in [1.807, 2.05) is 52.0 Å². The number of nitrogens with zero attached hydrogens (tertiary/aromatic N) is 1. The number of hydrogen-bond acceptors (Lipinski definition) is 4. The van der Waals surface area contributed by atoms with Gasteiger partial charge in [-0.15, -0.1) is 0 Å². The lowest BCUT2D eigenvalue weighted by atomic mass is 10.1. The van der Waals surface area contributed by atoms with E-state index >= 15 is 0 Å². The fourth-order valence-corrected chi connectivity index (χ4v) is 3.01. The zero-order valence-corrected chi connectivity index (χ0v) is 17.9. The van der Waals surface area contributed by atoms with Crippen LogP contribution in [-0.2, 0) is 9.59 Å². The lowest BCUT2D eigenvalue weighted by Crippen LogP contribution is -2.37. The van der Waals surface area contributed by atoms with Crippen LogP contribution >= 0.6 is 0 Å². The summed E-state index contributed by atoms with van der Waals surface area (Å²) in [6, 6.07) is 11.3. The summed E-state index contributed by atoms with van der Waals surface area (Å²) in [5, 5.41) is 2.90. The third-order valence-electron chi connectivity index (χ3n) is 4.41. The molecule has 2 amide bonds. The molecule has 0 aliphatic rings. The molecule has 2 rings (SSSR count). The summed E-state index contributed by atoms with van der Waals surface area (Å²) >= 11 is 0. The first kappa shape index (κ1) is 22.3. The lowest BCUT2D eigenvalue weighted by Gasteiger charge is -2.19. The number of para-hydroxylation sites is 2. The van der Waals surface area contributed by atoms with Crippen LogP contribution in [0.25, 0.3) is 0 Å². The van der Waals surface area contributed by atoms with Crippen molar-refractivity contribution in [2.24, 2.45) is 0 Å². The maximum absolute atomic E-state index is 12.4. The number of aryl methyl sites for hydroxylation is 3. The molecule has 156 valence electrons. The van der Waals surface area contributed by atoms with Crippen molar-refractivity contribution in [3.05, 3.63) is 53.1 Å². The van der Waals surface area contributed by atoms with Crippen LogP contribution in [0.15, 0.2) is 36.4 Å². The van der Waals surface area contributed by atoms with Gasteiger partial charge >= 0.3 is 0 Å². The summed E-state index contributed by atoms with van der Waals surface area (Å²) in [6.07, 6.45) is 0.880. The first-order valence-electron chi connectivity index (χ1n) is 9.78. The molecular formula is C23H30N2O4. The molecule has 0 unspecified atom stereocenters. The zero-order chi connectivity index (χ0) is 21.4. The molecule has 29 heavy (non-hydrogen) atoms. The Labute approximate surface area is 172 Å². The smallest absolute Gasteiger partial charge is 0.260 e. The van der Waals surface area contributed by atoms with Crippen molar-refractivity contribution in [2.45, 2.75) is 34.1 Å². The third-order valence-corrected chi connectivity index (χ3v) is 4.41. The second-order valence-electron chi connectivity index (χ2n) is 7.16. The van der Waals surface area contributed by atoms with E-state index in [0.29, 0.717) is 18.1 Å². The Kier molecular flexibility index (Phi) is 8.07. The van der Waals surface area contributed by atoms with Gasteiger partial charge in [0, 0.05) is 12.7 Å². The van der Waals surface area contributed by atoms with Crippen molar-refractivity contribution in [2.75, 3.05) is 32.1 Å². The predicted molar refractivity (Wildman–Crippen MR) is 115 cm³/mol. The van der Waals surface area contributed by atoms with Crippen LogP contribution in [0.5, 0.6) is 11.5 Å². The molecule has 0 saturated heterocycles. The van der Waals surface area contributed by atoms with E-state index in [4.69, 9.17) is 9.47 Å². The number of ether oxygens (including phenoxy) is 2. The molecule has 2 aromatic carbocycles. The molecule has 6 nitrogen and oxygen atoms in total. The maximum atomic E-state index is 12.4. The van der Waals surface area contributed by atoms with Crippen molar-refractivity contribution < 1.29 is 19.1 Å². The predicted octanol–water partition coefficient (Wildman–Crippen LogP) is 3.88. The number of hydrogen-bond donors (Lipinski definition) is 1. The van der Waals surface area contributed by atoms with Crippen LogP contribution in [0.3, 0.4) is 0 Å². The number of amides is 2. The lowest BCUT2D eigenvalue weighted by molar-refractivity contribution is -0.135. The van der Waals surface area contributed by atoms with Gasteiger partial charge in [0.25, 0.3) is 5.91 Å². The molecule has 0 atom stereocenters. The molecule has 0 radical (unpaired) electrons. The van der Waals surface area contributed by atoms with E-state index in [0.717, 1.165) is 28.8 Å². The number of carbonyl (C=O) groups excluding carboxylic acids is 2. The van der Waals surface area contributed by atoms with Crippen molar-refractivity contribution in [1.82, 2.24) is 4.90 Å². The van der Waals surface area contributed by atoms with Gasteiger partial charge in [0.2, 0.25) is 5.91 Å². The Morgan fingerprint density at radius 1 is 1.00 bits per heavy atom. The van der Waals surface area contributed by atoms with Crippen LogP contribution in [0.4, 0.5) is 5.69 Å². The molecule has 0 saturated carbocycles. The fourth-order valence-electron chi connectivity index (χ4n) is 3.01. The van der Waals surface area contributed by atoms with E-state index in [2.05, 4.69) is 5.32 Å². The molecular weight excluding hydrogens is 368 g/mol. The SMILES string of the molecule is CCCOc1ccccc1OCC(=O)N(C)CC(=O)Nc1c(C)cc(C)cc1C. The minimum absolute atomic E-state index is 0.0526. The first-order chi connectivity index (χ1) is 13.8. The van der Waals surface area contributed by atoms with Gasteiger partial charge in [0.15, 0.2) is 18.1 Å². The standard InChI is InChI=1S/C23H30N2O4/c1-6-11-28-19-9-7-8-10-20(19)29-15-22(27)25(5)14-21(26)24-23-17(3)12-16(2)13-18(23)4/h7-10,12-13H,6,11,14-15H2,1-5H3,(H,24,26). The van der Waals surface area contributed by atoms with Crippen molar-refractivity contribution in [3.63, 3.8) is 0 Å². The molecule has 6 heteroatoms. The Morgan fingerprint density at radius 2 is 1.59 bits per heavy atom. The van der Waals surface area contributed by atoms with Crippen molar-refractivity contribution in [1.29, 1.82) is 0 Å². The van der Waals surface area contributed by atoms with Gasteiger partial charge in [-0.1, -0.05) is 36.8 Å². The molecule has 0 aliphatic heterocycles. The molecule has 0 aromatic heterocycles. The summed E-state index contributed by atoms with van der Waals surface area (Å²) in [7, 11) is 1.58. The number of benzene rings is 2. The summed E-state index contributed by atoms with van der Waals surface area (Å²) in [6.45, 7) is 8.30. The molecule has 0 aliphatic carbocycles. The topological polar surface area (TPSA) is 67.9 Å². The maximum Gasteiger partial charge on any atom is 0.260 e. The van der Waals surface area contributed by atoms with Gasteiger partial charge in [0.1, 0.15) is 0 Å². The second kappa shape index (κ2) is 10.5.